The highest BCUT2D eigenvalue weighted by molar-refractivity contribution is 6.17. The second-order valence-corrected chi connectivity index (χ2v) is 6.89. The van der Waals surface area contributed by atoms with Gasteiger partial charge in [-0.3, -0.25) is 20.2 Å². The van der Waals surface area contributed by atoms with E-state index in [0.29, 0.717) is 0 Å². The fourth-order valence-corrected chi connectivity index (χ4v) is 3.82. The molecule has 1 heterocycles. The van der Waals surface area contributed by atoms with E-state index in [0.717, 1.165) is 0 Å². The molecule has 1 fully saturated rings. The number of nitrogens with zero attached hydrogens (tertiary/aromatic N) is 3. The van der Waals surface area contributed by atoms with Crippen molar-refractivity contribution < 1.29 is 19.1 Å². The predicted molar refractivity (Wildman–Crippen MR) is 75.3 cm³/mol. The summed E-state index contributed by atoms with van der Waals surface area (Å²) in [4.78, 5) is 22.5. The first kappa shape index (κ1) is 16.0. The molecule has 1 aliphatic heterocycles. The van der Waals surface area contributed by atoms with Gasteiger partial charge in [0.05, 0.1) is 20.0 Å². The van der Waals surface area contributed by atoms with Crippen molar-refractivity contribution in [2.45, 2.75) is 23.9 Å². The van der Waals surface area contributed by atoms with Gasteiger partial charge in [-0.15, -0.1) is 11.6 Å². The maximum absolute atomic E-state index is 11.7. The van der Waals surface area contributed by atoms with Gasteiger partial charge < -0.3 is 9.22 Å². The van der Waals surface area contributed by atoms with Crippen LogP contribution in [0, 0.1) is 20.2 Å². The topological polar surface area (TPSA) is 95.5 Å². The highest BCUT2D eigenvalue weighted by Gasteiger charge is 2.70. The minimum atomic E-state index is -1.54. The molecule has 0 aromatic heterocycles. The van der Waals surface area contributed by atoms with Crippen molar-refractivity contribution in [3.05, 3.63) is 32.1 Å². The van der Waals surface area contributed by atoms with Gasteiger partial charge in [0.15, 0.2) is 18.8 Å². The molecule has 1 saturated heterocycles. The number of likely N-dealkylation sites (tertiary alicyclic amines) is 1. The molecule has 2 atom stereocenters. The van der Waals surface area contributed by atoms with Gasteiger partial charge in [-0.25, -0.2) is 0 Å². The third-order valence-corrected chi connectivity index (χ3v) is 4.39. The molecule has 0 aromatic rings. The summed E-state index contributed by atoms with van der Waals surface area (Å²) in [5.41, 5.74) is -2.85. The van der Waals surface area contributed by atoms with Crippen LogP contribution in [-0.4, -0.2) is 65.1 Å². The monoisotopic (exact) mass is 320 g/mol. The van der Waals surface area contributed by atoms with Crippen LogP contribution in [0.25, 0.3) is 0 Å². The number of nitro groups is 2. The van der Waals surface area contributed by atoms with Crippen LogP contribution in [0.3, 0.4) is 0 Å². The Labute approximate surface area is 127 Å². The summed E-state index contributed by atoms with van der Waals surface area (Å²) in [6.07, 6.45) is 1.53. The molecular formula is C12H19ClN3O5+. The van der Waals surface area contributed by atoms with E-state index in [4.69, 9.17) is 16.3 Å². The van der Waals surface area contributed by atoms with Gasteiger partial charge >= 0.3 is 5.54 Å². The molecule has 0 amide bonds. The number of rotatable bonds is 5. The molecule has 9 heteroatoms. The van der Waals surface area contributed by atoms with Gasteiger partial charge in [0.2, 0.25) is 0 Å². The second-order valence-electron chi connectivity index (χ2n) is 6.51. The fraction of sp³-hybridized carbons (Fsp3) is 0.833. The van der Waals surface area contributed by atoms with Gasteiger partial charge in [-0.2, -0.15) is 0 Å². The number of halogens is 1. The normalized spacial score (nSPS) is 34.0. The molecule has 0 unspecified atom stereocenters. The highest BCUT2D eigenvalue weighted by atomic mass is 35.5. The van der Waals surface area contributed by atoms with Crippen LogP contribution in [0.15, 0.2) is 11.8 Å². The van der Waals surface area contributed by atoms with E-state index >= 15 is 0 Å². The van der Waals surface area contributed by atoms with Crippen molar-refractivity contribution >= 4 is 11.6 Å². The van der Waals surface area contributed by atoms with Crippen molar-refractivity contribution in [2.75, 3.05) is 39.7 Å². The number of quaternary nitrogens is 1. The summed E-state index contributed by atoms with van der Waals surface area (Å²) in [5.74, 6) is 0.431. The summed E-state index contributed by atoms with van der Waals surface area (Å²) in [6, 6.07) is 0. The Kier molecular flexibility index (Phi) is 3.88. The zero-order chi connectivity index (χ0) is 15.9. The SMILES string of the molecule is C[N+]1(C)C[C@@]2([N+](=O)[O-])CC=C(OCCCl)[C@]([N+](=O)[O-])(C2)C1. The van der Waals surface area contributed by atoms with E-state index in [1.807, 2.05) is 0 Å². The van der Waals surface area contributed by atoms with Gasteiger partial charge in [0.25, 0.3) is 5.54 Å². The van der Waals surface area contributed by atoms with Crippen molar-refractivity contribution in [2.24, 2.45) is 0 Å². The lowest BCUT2D eigenvalue weighted by molar-refractivity contribution is -0.934. The maximum Gasteiger partial charge on any atom is 0.332 e. The lowest BCUT2D eigenvalue weighted by Gasteiger charge is -2.47. The fourth-order valence-electron chi connectivity index (χ4n) is 3.74. The number of piperidine rings is 1. The Hall–Kier alpha value is -1.41. The van der Waals surface area contributed by atoms with Gasteiger partial charge in [-0.05, 0) is 6.08 Å². The van der Waals surface area contributed by atoms with Crippen LogP contribution in [-0.2, 0) is 4.74 Å². The Balaban J connectivity index is 2.51. The molecule has 2 rings (SSSR count). The molecule has 8 nitrogen and oxygen atoms in total. The molecule has 0 aromatic carbocycles. The molecule has 0 radical (unpaired) electrons. The van der Waals surface area contributed by atoms with Crippen molar-refractivity contribution in [3.8, 4) is 0 Å². The van der Waals surface area contributed by atoms with E-state index in [-0.39, 0.29) is 53.6 Å². The summed E-state index contributed by atoms with van der Waals surface area (Å²) in [5, 5.41) is 23.3. The van der Waals surface area contributed by atoms with Crippen LogP contribution in [0.2, 0.25) is 0 Å². The number of fused-ring (bicyclic) bond motifs is 2. The van der Waals surface area contributed by atoms with Gasteiger partial charge in [-0.1, -0.05) is 0 Å². The van der Waals surface area contributed by atoms with Crippen LogP contribution < -0.4 is 0 Å². The molecule has 118 valence electrons. The van der Waals surface area contributed by atoms with E-state index in [1.54, 1.807) is 14.1 Å². The number of likely N-dealkylation sites (N-methyl/N-ethyl adjacent to an activating group) is 1. The van der Waals surface area contributed by atoms with Crippen molar-refractivity contribution in [3.63, 3.8) is 0 Å². The average molecular weight is 321 g/mol. The van der Waals surface area contributed by atoms with E-state index in [2.05, 4.69) is 0 Å². The zero-order valence-corrected chi connectivity index (χ0v) is 12.8. The van der Waals surface area contributed by atoms with E-state index in [9.17, 15) is 20.2 Å². The average Bonchev–Trinajstić information content (AvgIpc) is 2.35. The Morgan fingerprint density at radius 3 is 2.52 bits per heavy atom. The molecule has 0 N–H and O–H groups in total. The van der Waals surface area contributed by atoms with Crippen LogP contribution >= 0.6 is 11.6 Å². The first-order valence-electron chi connectivity index (χ1n) is 6.68. The summed E-state index contributed by atoms with van der Waals surface area (Å²) < 4.78 is 5.67. The maximum atomic E-state index is 11.7. The minimum Gasteiger partial charge on any atom is -0.489 e. The third-order valence-electron chi connectivity index (χ3n) is 4.23. The molecular weight excluding hydrogens is 302 g/mol. The van der Waals surface area contributed by atoms with Crippen molar-refractivity contribution in [1.82, 2.24) is 0 Å². The quantitative estimate of drug-likeness (QED) is 0.326. The standard InChI is InChI=1S/C12H19ClN3O5/c1-16(2)8-11(14(17)18)4-3-10(21-6-5-13)12(7-11,9-16)15(19)20/h3H,4-9H2,1-2H3/q+1/t11-,12+/m1/s1. The first-order valence-corrected chi connectivity index (χ1v) is 7.21. The van der Waals surface area contributed by atoms with Crippen molar-refractivity contribution in [1.29, 1.82) is 0 Å². The number of hydrogen-bond acceptors (Lipinski definition) is 5. The molecule has 2 bridgehead atoms. The summed E-state index contributed by atoms with van der Waals surface area (Å²) in [6.45, 7) is 0.598. The van der Waals surface area contributed by atoms with E-state index < -0.39 is 16.0 Å². The molecule has 21 heavy (non-hydrogen) atoms. The molecule has 2 aliphatic rings. The van der Waals surface area contributed by atoms with E-state index in [1.165, 1.54) is 6.08 Å². The minimum absolute atomic E-state index is 0.129. The lowest BCUT2D eigenvalue weighted by atomic mass is 9.70. The lowest BCUT2D eigenvalue weighted by Crippen LogP contribution is -2.72. The Bertz CT molecular complexity index is 509. The summed E-state index contributed by atoms with van der Waals surface area (Å²) in [7, 11) is 3.56. The summed E-state index contributed by atoms with van der Waals surface area (Å²) >= 11 is 5.58. The Morgan fingerprint density at radius 1 is 1.33 bits per heavy atom. The largest absolute Gasteiger partial charge is 0.489 e. The number of ether oxygens (including phenoxy) is 1. The van der Waals surface area contributed by atoms with Gasteiger partial charge in [0, 0.05) is 16.3 Å². The van der Waals surface area contributed by atoms with Crippen LogP contribution in [0.5, 0.6) is 0 Å². The zero-order valence-electron chi connectivity index (χ0n) is 12.1. The van der Waals surface area contributed by atoms with Crippen LogP contribution in [0.1, 0.15) is 12.8 Å². The molecule has 0 spiro atoms. The highest BCUT2D eigenvalue weighted by Crippen LogP contribution is 2.45. The van der Waals surface area contributed by atoms with Crippen LogP contribution in [0.4, 0.5) is 0 Å². The predicted octanol–water partition coefficient (Wildman–Crippen LogP) is 1.04. The van der Waals surface area contributed by atoms with Gasteiger partial charge in [0.1, 0.15) is 13.0 Å². The number of alkyl halides is 1. The first-order chi connectivity index (χ1) is 9.67. The smallest absolute Gasteiger partial charge is 0.332 e. The second kappa shape index (κ2) is 5.10. The molecule has 0 saturated carbocycles. The Morgan fingerprint density at radius 2 is 2.00 bits per heavy atom. The number of hydrogen-bond donors (Lipinski definition) is 0. The molecule has 1 aliphatic carbocycles. The third kappa shape index (κ3) is 2.57.